The van der Waals surface area contributed by atoms with Gasteiger partial charge < -0.3 is 9.30 Å². The first-order chi connectivity index (χ1) is 13.4. The second-order valence-corrected chi connectivity index (χ2v) is 7.99. The average molecular weight is 445 g/mol. The molecule has 0 spiro atoms. The summed E-state index contributed by atoms with van der Waals surface area (Å²) in [6, 6.07) is 12.4. The third-order valence-electron chi connectivity index (χ3n) is 4.31. The minimum atomic E-state index is -0.437. The second-order valence-electron chi connectivity index (χ2n) is 7.07. The van der Waals surface area contributed by atoms with Crippen molar-refractivity contribution in [1.29, 1.82) is 0 Å². The smallest absolute Gasteiger partial charge is 0.165 e. The molecule has 0 unspecified atom stereocenters. The highest BCUT2D eigenvalue weighted by atomic mass is 79.9. The Morgan fingerprint density at radius 2 is 1.86 bits per heavy atom. The molecule has 28 heavy (non-hydrogen) atoms. The van der Waals surface area contributed by atoms with E-state index in [4.69, 9.17) is 9.72 Å². The van der Waals surface area contributed by atoms with Crippen LogP contribution >= 0.6 is 15.9 Å². The zero-order chi connectivity index (χ0) is 20.3. The highest BCUT2D eigenvalue weighted by Gasteiger charge is 2.16. The molecule has 0 saturated carbocycles. The SMILES string of the molecule is COc1cc(-c2nc(-c3ccc(Br)cc3)cn2CC(=O)CC(C)C)ccc1F. The van der Waals surface area contributed by atoms with Gasteiger partial charge in [-0.3, -0.25) is 4.79 Å². The molecule has 6 heteroatoms. The van der Waals surface area contributed by atoms with E-state index in [2.05, 4.69) is 15.9 Å². The van der Waals surface area contributed by atoms with Crippen molar-refractivity contribution in [1.82, 2.24) is 9.55 Å². The number of carbonyl (C=O) groups is 1. The Morgan fingerprint density at radius 1 is 1.18 bits per heavy atom. The number of carbonyl (C=O) groups excluding carboxylic acids is 1. The summed E-state index contributed by atoms with van der Waals surface area (Å²) in [6.45, 7) is 4.26. The lowest BCUT2D eigenvalue weighted by Crippen LogP contribution is -2.12. The van der Waals surface area contributed by atoms with Gasteiger partial charge in [-0.2, -0.15) is 0 Å². The van der Waals surface area contributed by atoms with Gasteiger partial charge in [0.05, 0.1) is 19.3 Å². The number of hydrogen-bond donors (Lipinski definition) is 0. The summed E-state index contributed by atoms with van der Waals surface area (Å²) in [7, 11) is 1.42. The van der Waals surface area contributed by atoms with Gasteiger partial charge in [0, 0.05) is 28.2 Å². The second kappa shape index (κ2) is 8.69. The van der Waals surface area contributed by atoms with Gasteiger partial charge in [-0.25, -0.2) is 9.37 Å². The van der Waals surface area contributed by atoms with E-state index in [1.54, 1.807) is 12.1 Å². The van der Waals surface area contributed by atoms with Gasteiger partial charge in [-0.15, -0.1) is 0 Å². The molecule has 0 atom stereocenters. The summed E-state index contributed by atoms with van der Waals surface area (Å²) in [5, 5.41) is 0. The van der Waals surface area contributed by atoms with E-state index < -0.39 is 5.82 Å². The van der Waals surface area contributed by atoms with Crippen LogP contribution in [0.25, 0.3) is 22.6 Å². The lowest BCUT2D eigenvalue weighted by Gasteiger charge is -2.10. The molecule has 146 valence electrons. The maximum Gasteiger partial charge on any atom is 0.165 e. The molecule has 0 saturated heterocycles. The van der Waals surface area contributed by atoms with Crippen molar-refractivity contribution in [3.8, 4) is 28.4 Å². The number of rotatable bonds is 7. The van der Waals surface area contributed by atoms with Crippen LogP contribution in [0.2, 0.25) is 0 Å². The summed E-state index contributed by atoms with van der Waals surface area (Å²) in [6.07, 6.45) is 2.37. The van der Waals surface area contributed by atoms with Crippen LogP contribution in [0.3, 0.4) is 0 Å². The predicted octanol–water partition coefficient (Wildman–Crippen LogP) is 5.74. The fourth-order valence-electron chi connectivity index (χ4n) is 3.04. The van der Waals surface area contributed by atoms with Crippen molar-refractivity contribution in [2.45, 2.75) is 26.8 Å². The zero-order valence-corrected chi connectivity index (χ0v) is 17.7. The van der Waals surface area contributed by atoms with Gasteiger partial charge in [0.2, 0.25) is 0 Å². The van der Waals surface area contributed by atoms with Crippen LogP contribution in [-0.4, -0.2) is 22.4 Å². The van der Waals surface area contributed by atoms with Gasteiger partial charge in [0.25, 0.3) is 0 Å². The molecule has 1 heterocycles. The Morgan fingerprint density at radius 3 is 2.50 bits per heavy atom. The van der Waals surface area contributed by atoms with Crippen LogP contribution in [0.1, 0.15) is 20.3 Å². The van der Waals surface area contributed by atoms with Gasteiger partial charge >= 0.3 is 0 Å². The first-order valence-electron chi connectivity index (χ1n) is 9.06. The van der Waals surface area contributed by atoms with Gasteiger partial charge in [-0.1, -0.05) is 41.9 Å². The summed E-state index contributed by atoms with van der Waals surface area (Å²) in [5.74, 6) is 0.730. The molecule has 0 aliphatic rings. The summed E-state index contributed by atoms with van der Waals surface area (Å²) in [5.41, 5.74) is 2.38. The zero-order valence-electron chi connectivity index (χ0n) is 16.1. The third-order valence-corrected chi connectivity index (χ3v) is 4.84. The van der Waals surface area contributed by atoms with E-state index in [-0.39, 0.29) is 24.0 Å². The van der Waals surface area contributed by atoms with Crippen LogP contribution in [0, 0.1) is 11.7 Å². The quantitative estimate of drug-likeness (QED) is 0.466. The van der Waals surface area contributed by atoms with E-state index >= 15 is 0 Å². The number of nitrogens with zero attached hydrogens (tertiary/aromatic N) is 2. The van der Waals surface area contributed by atoms with E-state index in [0.717, 1.165) is 15.7 Å². The number of hydrogen-bond acceptors (Lipinski definition) is 3. The van der Waals surface area contributed by atoms with E-state index in [0.29, 0.717) is 17.8 Å². The molecule has 1 aromatic heterocycles. The molecule has 0 aliphatic carbocycles. The minimum Gasteiger partial charge on any atom is -0.494 e. The van der Waals surface area contributed by atoms with Crippen LogP contribution in [0.4, 0.5) is 4.39 Å². The molecule has 3 aromatic rings. The summed E-state index contributed by atoms with van der Waals surface area (Å²) in [4.78, 5) is 17.2. The lowest BCUT2D eigenvalue weighted by atomic mass is 10.1. The Kier molecular flexibility index (Phi) is 6.29. The van der Waals surface area contributed by atoms with Crippen molar-refractivity contribution >= 4 is 21.7 Å². The van der Waals surface area contributed by atoms with Crippen LogP contribution < -0.4 is 4.74 Å². The Bertz CT molecular complexity index is 981. The van der Waals surface area contributed by atoms with Crippen LogP contribution in [-0.2, 0) is 11.3 Å². The van der Waals surface area contributed by atoms with Crippen molar-refractivity contribution in [3.63, 3.8) is 0 Å². The number of ketones is 1. The number of imidazole rings is 1. The van der Waals surface area contributed by atoms with Crippen molar-refractivity contribution in [2.75, 3.05) is 7.11 Å². The fraction of sp³-hybridized carbons (Fsp3) is 0.273. The molecule has 0 radical (unpaired) electrons. The molecule has 0 aliphatic heterocycles. The lowest BCUT2D eigenvalue weighted by molar-refractivity contribution is -0.120. The Labute approximate surface area is 172 Å². The molecular formula is C22H22BrFN2O2. The standard InChI is InChI=1S/C22H22BrFN2O2/c1-14(2)10-18(27)12-26-13-20(15-4-7-17(23)8-5-15)25-22(26)16-6-9-19(24)21(11-16)28-3/h4-9,11,13-14H,10,12H2,1-3H3. The Hall–Kier alpha value is -2.47. The van der Waals surface area contributed by atoms with Crippen LogP contribution in [0.15, 0.2) is 53.1 Å². The van der Waals surface area contributed by atoms with Crippen LogP contribution in [0.5, 0.6) is 5.75 Å². The highest BCUT2D eigenvalue weighted by Crippen LogP contribution is 2.29. The van der Waals surface area contributed by atoms with Crippen molar-refractivity contribution < 1.29 is 13.9 Å². The first-order valence-corrected chi connectivity index (χ1v) is 9.85. The van der Waals surface area contributed by atoms with E-state index in [1.807, 2.05) is 48.9 Å². The van der Waals surface area contributed by atoms with Gasteiger partial charge in [0.1, 0.15) is 5.82 Å². The topological polar surface area (TPSA) is 44.1 Å². The maximum atomic E-state index is 13.8. The number of halogens is 2. The monoisotopic (exact) mass is 444 g/mol. The largest absolute Gasteiger partial charge is 0.494 e. The Balaban J connectivity index is 2.05. The predicted molar refractivity (Wildman–Crippen MR) is 112 cm³/mol. The molecule has 0 bridgehead atoms. The maximum absolute atomic E-state index is 13.8. The first kappa shape index (κ1) is 20.3. The van der Waals surface area contributed by atoms with E-state index in [9.17, 15) is 9.18 Å². The molecule has 2 aromatic carbocycles. The van der Waals surface area contributed by atoms with Gasteiger partial charge in [-0.05, 0) is 36.2 Å². The fourth-order valence-corrected chi connectivity index (χ4v) is 3.30. The third kappa shape index (κ3) is 4.68. The number of ether oxygens (including phenoxy) is 1. The number of methoxy groups -OCH3 is 1. The highest BCUT2D eigenvalue weighted by molar-refractivity contribution is 9.10. The minimum absolute atomic E-state index is 0.130. The molecule has 0 N–H and O–H groups in total. The van der Waals surface area contributed by atoms with Gasteiger partial charge in [0.15, 0.2) is 17.3 Å². The molecule has 0 amide bonds. The molecule has 0 fully saturated rings. The number of aromatic nitrogens is 2. The average Bonchev–Trinajstić information content (AvgIpc) is 3.05. The molecule has 4 nitrogen and oxygen atoms in total. The summed E-state index contributed by atoms with van der Waals surface area (Å²) < 4.78 is 21.7. The molecule has 3 rings (SSSR count). The molecular weight excluding hydrogens is 423 g/mol. The van der Waals surface area contributed by atoms with E-state index in [1.165, 1.54) is 13.2 Å². The van der Waals surface area contributed by atoms with Crippen molar-refractivity contribution in [3.05, 3.63) is 59.0 Å². The van der Waals surface area contributed by atoms with Crippen molar-refractivity contribution in [2.24, 2.45) is 5.92 Å². The summed E-state index contributed by atoms with van der Waals surface area (Å²) >= 11 is 3.43. The number of Topliss-reactive ketones (excluding diaryl/α,β-unsaturated/α-hetero) is 1. The number of benzene rings is 2. The normalized spacial score (nSPS) is 11.1.